The molecule has 24 heavy (non-hydrogen) atoms. The summed E-state index contributed by atoms with van der Waals surface area (Å²) in [4.78, 5) is 4.15. The van der Waals surface area contributed by atoms with E-state index in [1.54, 1.807) is 35.3 Å². The van der Waals surface area contributed by atoms with Crippen LogP contribution in [0.15, 0.2) is 60.0 Å². The number of sulfonamides is 1. The Bertz CT molecular complexity index is 950. The van der Waals surface area contributed by atoms with Crippen LogP contribution in [-0.2, 0) is 16.6 Å². The Morgan fingerprint density at radius 1 is 1.08 bits per heavy atom. The minimum Gasteiger partial charge on any atom is -0.279 e. The third-order valence-electron chi connectivity index (χ3n) is 3.85. The molecule has 0 aliphatic carbocycles. The van der Waals surface area contributed by atoms with Gasteiger partial charge < -0.3 is 0 Å². The zero-order chi connectivity index (χ0) is 17.2. The van der Waals surface area contributed by atoms with Crippen molar-refractivity contribution in [2.75, 3.05) is 4.72 Å². The Balaban J connectivity index is 1.91. The van der Waals surface area contributed by atoms with Crippen LogP contribution in [0.1, 0.15) is 16.7 Å². The van der Waals surface area contributed by atoms with E-state index in [9.17, 15) is 8.42 Å². The van der Waals surface area contributed by atoms with Crippen molar-refractivity contribution >= 4 is 15.7 Å². The van der Waals surface area contributed by atoms with Gasteiger partial charge in [-0.1, -0.05) is 24.3 Å². The van der Waals surface area contributed by atoms with Crippen LogP contribution < -0.4 is 4.72 Å². The van der Waals surface area contributed by atoms with Gasteiger partial charge in [-0.15, -0.1) is 0 Å². The number of aromatic nitrogens is 3. The average Bonchev–Trinajstić information content (AvgIpc) is 3.04. The first-order valence-electron chi connectivity index (χ1n) is 7.46. The number of hydrogen-bond acceptors (Lipinski definition) is 4. The molecule has 0 fully saturated rings. The molecule has 0 bridgehead atoms. The van der Waals surface area contributed by atoms with Gasteiger partial charge in [0.2, 0.25) is 0 Å². The predicted octanol–water partition coefficient (Wildman–Crippen LogP) is 2.74. The maximum absolute atomic E-state index is 12.7. The summed E-state index contributed by atoms with van der Waals surface area (Å²) in [5.74, 6) is 0. The lowest BCUT2D eigenvalue weighted by molar-refractivity contribution is 0.601. The summed E-state index contributed by atoms with van der Waals surface area (Å²) < 4.78 is 29.7. The molecule has 3 rings (SSSR count). The van der Waals surface area contributed by atoms with E-state index in [4.69, 9.17) is 0 Å². The fraction of sp³-hybridized carbons (Fsp3) is 0.176. The summed E-state index contributed by atoms with van der Waals surface area (Å²) in [6.45, 7) is 4.28. The van der Waals surface area contributed by atoms with Gasteiger partial charge in [-0.2, -0.15) is 5.10 Å². The summed E-state index contributed by atoms with van der Waals surface area (Å²) in [7, 11) is -3.65. The average molecular weight is 342 g/mol. The van der Waals surface area contributed by atoms with Gasteiger partial charge in [-0.05, 0) is 48.7 Å². The molecular weight excluding hydrogens is 324 g/mol. The lowest BCUT2D eigenvalue weighted by atomic mass is 10.1. The topological polar surface area (TPSA) is 76.9 Å². The van der Waals surface area contributed by atoms with Crippen molar-refractivity contribution < 1.29 is 8.42 Å². The third-order valence-corrected chi connectivity index (χ3v) is 5.21. The molecule has 3 aromatic rings. The summed E-state index contributed by atoms with van der Waals surface area (Å²) >= 11 is 0. The van der Waals surface area contributed by atoms with E-state index in [0.717, 1.165) is 16.7 Å². The minimum atomic E-state index is -3.65. The first kappa shape index (κ1) is 16.2. The van der Waals surface area contributed by atoms with Crippen LogP contribution in [0, 0.1) is 13.8 Å². The zero-order valence-corrected chi connectivity index (χ0v) is 14.3. The van der Waals surface area contributed by atoms with E-state index in [0.29, 0.717) is 12.2 Å². The molecule has 0 radical (unpaired) electrons. The minimum absolute atomic E-state index is 0.251. The van der Waals surface area contributed by atoms with E-state index in [-0.39, 0.29) is 4.90 Å². The van der Waals surface area contributed by atoms with Crippen molar-refractivity contribution in [3.8, 4) is 0 Å². The van der Waals surface area contributed by atoms with E-state index < -0.39 is 10.0 Å². The monoisotopic (exact) mass is 342 g/mol. The van der Waals surface area contributed by atoms with Crippen LogP contribution in [0.4, 0.5) is 5.69 Å². The number of aryl methyl sites for hydroxylation is 2. The molecule has 0 atom stereocenters. The summed E-state index contributed by atoms with van der Waals surface area (Å²) in [5, 5.41) is 4.06. The predicted molar refractivity (Wildman–Crippen MR) is 92.3 cm³/mol. The Hall–Kier alpha value is -2.67. The van der Waals surface area contributed by atoms with Crippen molar-refractivity contribution in [2.24, 2.45) is 0 Å². The van der Waals surface area contributed by atoms with Crippen molar-refractivity contribution in [3.63, 3.8) is 0 Å². The quantitative estimate of drug-likeness (QED) is 0.773. The van der Waals surface area contributed by atoms with E-state index in [1.165, 1.54) is 6.33 Å². The summed E-state index contributed by atoms with van der Waals surface area (Å²) in [5.41, 5.74) is 3.34. The van der Waals surface area contributed by atoms with Crippen LogP contribution in [0.3, 0.4) is 0 Å². The molecule has 2 aromatic carbocycles. The van der Waals surface area contributed by atoms with Gasteiger partial charge in [0.1, 0.15) is 12.7 Å². The first-order valence-corrected chi connectivity index (χ1v) is 8.94. The first-order chi connectivity index (χ1) is 11.5. The van der Waals surface area contributed by atoms with E-state index >= 15 is 0 Å². The number of nitrogens with zero attached hydrogens (tertiary/aromatic N) is 3. The Morgan fingerprint density at radius 2 is 1.88 bits per heavy atom. The molecule has 0 unspecified atom stereocenters. The molecule has 0 spiro atoms. The van der Waals surface area contributed by atoms with Crippen LogP contribution in [0.2, 0.25) is 0 Å². The lowest BCUT2D eigenvalue weighted by Crippen LogP contribution is -2.15. The Labute approximate surface area is 141 Å². The van der Waals surface area contributed by atoms with Crippen molar-refractivity contribution in [1.29, 1.82) is 0 Å². The van der Waals surface area contributed by atoms with Gasteiger partial charge in [0.25, 0.3) is 10.0 Å². The number of para-hydroxylation sites is 1. The van der Waals surface area contributed by atoms with E-state index in [1.807, 2.05) is 32.0 Å². The normalized spacial score (nSPS) is 11.4. The number of nitrogens with one attached hydrogen (secondary N) is 1. The SMILES string of the molecule is Cc1ccc(S(=O)(=O)Nc2ccccc2Cn2cncn2)cc1C. The zero-order valence-electron chi connectivity index (χ0n) is 13.5. The number of rotatable bonds is 5. The van der Waals surface area contributed by atoms with Crippen LogP contribution >= 0.6 is 0 Å². The van der Waals surface area contributed by atoms with Crippen molar-refractivity contribution in [2.45, 2.75) is 25.3 Å². The standard InChI is InChI=1S/C17H18N4O2S/c1-13-7-8-16(9-14(13)2)24(22,23)20-17-6-4-3-5-15(17)10-21-12-18-11-19-21/h3-9,11-12,20H,10H2,1-2H3. The molecular formula is C17H18N4O2S. The van der Waals surface area contributed by atoms with Crippen LogP contribution in [0.25, 0.3) is 0 Å². The van der Waals surface area contributed by atoms with Crippen LogP contribution in [-0.4, -0.2) is 23.2 Å². The fourth-order valence-electron chi connectivity index (χ4n) is 2.33. The van der Waals surface area contributed by atoms with Gasteiger partial charge in [-0.25, -0.2) is 18.1 Å². The maximum atomic E-state index is 12.7. The Morgan fingerprint density at radius 3 is 2.58 bits per heavy atom. The molecule has 0 saturated carbocycles. The highest BCUT2D eigenvalue weighted by Crippen LogP contribution is 2.22. The van der Waals surface area contributed by atoms with Gasteiger partial charge in [0.05, 0.1) is 17.1 Å². The lowest BCUT2D eigenvalue weighted by Gasteiger charge is -2.13. The second kappa shape index (κ2) is 6.45. The highest BCUT2D eigenvalue weighted by molar-refractivity contribution is 7.92. The molecule has 1 heterocycles. The highest BCUT2D eigenvalue weighted by Gasteiger charge is 2.16. The molecule has 0 amide bonds. The molecule has 1 aromatic heterocycles. The van der Waals surface area contributed by atoms with Gasteiger partial charge in [-0.3, -0.25) is 4.72 Å². The summed E-state index contributed by atoms with van der Waals surface area (Å²) in [6.07, 6.45) is 3.04. The second-order valence-corrected chi connectivity index (χ2v) is 7.28. The van der Waals surface area contributed by atoms with Gasteiger partial charge in [0.15, 0.2) is 0 Å². The van der Waals surface area contributed by atoms with Gasteiger partial charge >= 0.3 is 0 Å². The molecule has 0 aliphatic rings. The molecule has 7 heteroatoms. The second-order valence-electron chi connectivity index (χ2n) is 5.60. The van der Waals surface area contributed by atoms with Crippen LogP contribution in [0.5, 0.6) is 0 Å². The molecule has 124 valence electrons. The van der Waals surface area contributed by atoms with Crippen molar-refractivity contribution in [3.05, 3.63) is 71.8 Å². The summed E-state index contributed by atoms with van der Waals surface area (Å²) in [6, 6.07) is 12.4. The number of hydrogen-bond donors (Lipinski definition) is 1. The maximum Gasteiger partial charge on any atom is 0.261 e. The Kier molecular flexibility index (Phi) is 4.35. The number of benzene rings is 2. The number of anilines is 1. The highest BCUT2D eigenvalue weighted by atomic mass is 32.2. The van der Waals surface area contributed by atoms with E-state index in [2.05, 4.69) is 14.8 Å². The fourth-order valence-corrected chi connectivity index (χ4v) is 3.52. The van der Waals surface area contributed by atoms with Gasteiger partial charge in [0, 0.05) is 0 Å². The molecule has 0 saturated heterocycles. The van der Waals surface area contributed by atoms with Crippen molar-refractivity contribution in [1.82, 2.24) is 14.8 Å². The molecule has 0 aliphatic heterocycles. The molecule has 1 N–H and O–H groups in total. The smallest absolute Gasteiger partial charge is 0.261 e. The third kappa shape index (κ3) is 3.46. The largest absolute Gasteiger partial charge is 0.279 e. The molecule has 6 nitrogen and oxygen atoms in total.